The molecule has 1 aromatic carbocycles. The molecule has 1 fully saturated rings. The standard InChI is InChI=1S/C17H25FN4O3/c1-25-11-15(19)16(23)22-7-3-4-12(10-22)9-20-17(24)21-14-6-2-5-13(18)8-14/h2,5-6,8,12,15H,3-4,7,9-11,19H2,1H3,(H2,20,21,24). The van der Waals surface area contributed by atoms with Gasteiger partial charge in [0.05, 0.1) is 6.61 Å². The lowest BCUT2D eigenvalue weighted by molar-refractivity contribution is -0.135. The number of hydrogen-bond donors (Lipinski definition) is 3. The average molecular weight is 352 g/mol. The first-order valence-corrected chi connectivity index (χ1v) is 8.33. The molecule has 1 aromatic rings. The van der Waals surface area contributed by atoms with Crippen molar-refractivity contribution in [2.24, 2.45) is 11.7 Å². The van der Waals surface area contributed by atoms with E-state index in [-0.39, 0.29) is 18.4 Å². The monoisotopic (exact) mass is 352 g/mol. The molecule has 25 heavy (non-hydrogen) atoms. The molecule has 1 saturated heterocycles. The molecule has 0 saturated carbocycles. The van der Waals surface area contributed by atoms with E-state index in [0.717, 1.165) is 12.8 Å². The van der Waals surface area contributed by atoms with Crippen molar-refractivity contribution in [3.63, 3.8) is 0 Å². The number of amides is 3. The van der Waals surface area contributed by atoms with Crippen molar-refractivity contribution in [1.82, 2.24) is 10.2 Å². The number of nitrogens with one attached hydrogen (secondary N) is 2. The van der Waals surface area contributed by atoms with Crippen LogP contribution in [0.25, 0.3) is 0 Å². The quantitative estimate of drug-likeness (QED) is 0.716. The number of likely N-dealkylation sites (tertiary alicyclic amines) is 1. The Morgan fingerprint density at radius 2 is 2.28 bits per heavy atom. The topological polar surface area (TPSA) is 96.7 Å². The predicted octanol–water partition coefficient (Wildman–Crippen LogP) is 1.16. The summed E-state index contributed by atoms with van der Waals surface area (Å²) < 4.78 is 18.0. The van der Waals surface area contributed by atoms with Crippen LogP contribution < -0.4 is 16.4 Å². The van der Waals surface area contributed by atoms with Crippen LogP contribution in [0.5, 0.6) is 0 Å². The zero-order chi connectivity index (χ0) is 18.2. The van der Waals surface area contributed by atoms with E-state index in [1.54, 1.807) is 11.0 Å². The van der Waals surface area contributed by atoms with Crippen LogP contribution in [0.1, 0.15) is 12.8 Å². The third kappa shape index (κ3) is 5.99. The molecule has 0 aliphatic carbocycles. The van der Waals surface area contributed by atoms with E-state index in [1.807, 2.05) is 0 Å². The molecule has 4 N–H and O–H groups in total. The minimum atomic E-state index is -0.659. The first kappa shape index (κ1) is 19.1. The Bertz CT molecular complexity index is 599. The van der Waals surface area contributed by atoms with Crippen LogP contribution in [0, 0.1) is 11.7 Å². The molecule has 7 nitrogen and oxygen atoms in total. The highest BCUT2D eigenvalue weighted by Gasteiger charge is 2.27. The number of ether oxygens (including phenoxy) is 1. The normalized spacial score (nSPS) is 18.5. The van der Waals surface area contributed by atoms with Gasteiger partial charge in [-0.1, -0.05) is 6.07 Å². The van der Waals surface area contributed by atoms with Crippen molar-refractivity contribution in [1.29, 1.82) is 0 Å². The van der Waals surface area contributed by atoms with Gasteiger partial charge in [0.2, 0.25) is 5.91 Å². The largest absolute Gasteiger partial charge is 0.383 e. The van der Waals surface area contributed by atoms with E-state index in [1.165, 1.54) is 25.3 Å². The Hall–Kier alpha value is -2.19. The Balaban J connectivity index is 1.78. The number of nitrogens with zero attached hydrogens (tertiary/aromatic N) is 1. The van der Waals surface area contributed by atoms with Crippen molar-refractivity contribution in [2.45, 2.75) is 18.9 Å². The van der Waals surface area contributed by atoms with E-state index in [0.29, 0.717) is 25.3 Å². The number of carbonyl (C=O) groups excluding carboxylic acids is 2. The molecule has 8 heteroatoms. The Morgan fingerprint density at radius 1 is 1.48 bits per heavy atom. The van der Waals surface area contributed by atoms with Crippen LogP contribution in [0.15, 0.2) is 24.3 Å². The molecule has 3 amide bonds. The minimum Gasteiger partial charge on any atom is -0.383 e. The number of anilines is 1. The SMILES string of the molecule is COCC(N)C(=O)N1CCCC(CNC(=O)Nc2cccc(F)c2)C1. The molecule has 0 spiro atoms. The maximum Gasteiger partial charge on any atom is 0.319 e. The van der Waals surface area contributed by atoms with Crippen LogP contribution in [0.4, 0.5) is 14.9 Å². The molecule has 1 aliphatic heterocycles. The lowest BCUT2D eigenvalue weighted by atomic mass is 9.97. The Labute approximate surface area is 146 Å². The molecule has 2 unspecified atom stereocenters. The summed E-state index contributed by atoms with van der Waals surface area (Å²) in [5.41, 5.74) is 6.19. The summed E-state index contributed by atoms with van der Waals surface area (Å²) in [6.07, 6.45) is 1.78. The fourth-order valence-electron chi connectivity index (χ4n) is 2.90. The number of methoxy groups -OCH3 is 1. The van der Waals surface area contributed by atoms with Gasteiger partial charge in [-0.25, -0.2) is 9.18 Å². The third-order valence-electron chi connectivity index (χ3n) is 4.13. The number of halogens is 1. The molecule has 1 aliphatic rings. The van der Waals surface area contributed by atoms with Gasteiger partial charge in [0.25, 0.3) is 0 Å². The number of piperidine rings is 1. The van der Waals surface area contributed by atoms with Gasteiger partial charge in [-0.15, -0.1) is 0 Å². The number of urea groups is 1. The van der Waals surface area contributed by atoms with Gasteiger partial charge < -0.3 is 26.0 Å². The van der Waals surface area contributed by atoms with E-state index in [2.05, 4.69) is 10.6 Å². The fraction of sp³-hybridized carbons (Fsp3) is 0.529. The maximum atomic E-state index is 13.1. The molecule has 2 atom stereocenters. The molecule has 0 bridgehead atoms. The first-order valence-electron chi connectivity index (χ1n) is 8.33. The number of carbonyl (C=O) groups is 2. The summed E-state index contributed by atoms with van der Waals surface area (Å²) >= 11 is 0. The Morgan fingerprint density at radius 3 is 3.00 bits per heavy atom. The zero-order valence-corrected chi connectivity index (χ0v) is 14.3. The van der Waals surface area contributed by atoms with Gasteiger partial charge in [0.1, 0.15) is 11.9 Å². The summed E-state index contributed by atoms with van der Waals surface area (Å²) in [4.78, 5) is 25.9. The van der Waals surface area contributed by atoms with Gasteiger partial charge in [-0.05, 0) is 37.0 Å². The number of benzene rings is 1. The average Bonchev–Trinajstić information content (AvgIpc) is 2.60. The molecule has 2 rings (SSSR count). The van der Waals surface area contributed by atoms with Crippen molar-refractivity contribution in [2.75, 3.05) is 38.7 Å². The number of hydrogen-bond acceptors (Lipinski definition) is 4. The fourth-order valence-corrected chi connectivity index (χ4v) is 2.90. The summed E-state index contributed by atoms with van der Waals surface area (Å²) in [7, 11) is 1.51. The summed E-state index contributed by atoms with van der Waals surface area (Å²) in [5, 5.41) is 5.35. The lowest BCUT2D eigenvalue weighted by Gasteiger charge is -2.34. The molecule has 0 radical (unpaired) electrons. The summed E-state index contributed by atoms with van der Waals surface area (Å²) in [6, 6.07) is 4.64. The summed E-state index contributed by atoms with van der Waals surface area (Å²) in [6.45, 7) is 1.84. The van der Waals surface area contributed by atoms with E-state index in [4.69, 9.17) is 10.5 Å². The molecule has 1 heterocycles. The van der Waals surface area contributed by atoms with Gasteiger partial charge in [-0.3, -0.25) is 4.79 Å². The maximum absolute atomic E-state index is 13.1. The molecular weight excluding hydrogens is 327 g/mol. The van der Waals surface area contributed by atoms with Crippen molar-refractivity contribution < 1.29 is 18.7 Å². The first-order chi connectivity index (χ1) is 12.0. The van der Waals surface area contributed by atoms with Gasteiger partial charge in [0, 0.05) is 32.4 Å². The Kier molecular flexibility index (Phi) is 7.15. The van der Waals surface area contributed by atoms with Crippen molar-refractivity contribution in [3.8, 4) is 0 Å². The second-order valence-electron chi connectivity index (χ2n) is 6.20. The lowest BCUT2D eigenvalue weighted by Crippen LogP contribution is -2.51. The number of rotatable bonds is 6. The molecule has 138 valence electrons. The van der Waals surface area contributed by atoms with E-state index in [9.17, 15) is 14.0 Å². The highest BCUT2D eigenvalue weighted by atomic mass is 19.1. The van der Waals surface area contributed by atoms with Crippen LogP contribution >= 0.6 is 0 Å². The zero-order valence-electron chi connectivity index (χ0n) is 14.3. The second kappa shape index (κ2) is 9.33. The highest BCUT2D eigenvalue weighted by molar-refractivity contribution is 5.89. The van der Waals surface area contributed by atoms with Crippen molar-refractivity contribution in [3.05, 3.63) is 30.1 Å². The predicted molar refractivity (Wildman–Crippen MR) is 92.6 cm³/mol. The van der Waals surface area contributed by atoms with Crippen LogP contribution in [0.3, 0.4) is 0 Å². The van der Waals surface area contributed by atoms with Crippen LogP contribution in [-0.2, 0) is 9.53 Å². The second-order valence-corrected chi connectivity index (χ2v) is 6.20. The summed E-state index contributed by atoms with van der Waals surface area (Å²) in [5.74, 6) is -0.381. The third-order valence-corrected chi connectivity index (χ3v) is 4.13. The van der Waals surface area contributed by atoms with E-state index >= 15 is 0 Å². The van der Waals surface area contributed by atoms with Gasteiger partial charge in [0.15, 0.2) is 0 Å². The number of nitrogens with two attached hydrogens (primary N) is 1. The molecular formula is C17H25FN4O3. The van der Waals surface area contributed by atoms with Crippen molar-refractivity contribution >= 4 is 17.6 Å². The highest BCUT2D eigenvalue weighted by Crippen LogP contribution is 2.16. The van der Waals surface area contributed by atoms with Gasteiger partial charge in [-0.2, -0.15) is 0 Å². The smallest absolute Gasteiger partial charge is 0.319 e. The van der Waals surface area contributed by atoms with E-state index < -0.39 is 17.9 Å². The van der Waals surface area contributed by atoms with Crippen LogP contribution in [0.2, 0.25) is 0 Å². The van der Waals surface area contributed by atoms with Crippen LogP contribution in [-0.4, -0.2) is 56.2 Å². The van der Waals surface area contributed by atoms with Gasteiger partial charge >= 0.3 is 6.03 Å². The minimum absolute atomic E-state index is 0.129. The molecule has 0 aromatic heterocycles.